The molecular formula is C13H19BrN4O. The van der Waals surface area contributed by atoms with Gasteiger partial charge in [-0.15, -0.1) is 0 Å². The fourth-order valence-corrected chi connectivity index (χ4v) is 2.79. The number of nitrogens with zero attached hydrogens (tertiary/aromatic N) is 3. The van der Waals surface area contributed by atoms with E-state index in [1.807, 2.05) is 6.20 Å². The molecule has 104 valence electrons. The lowest BCUT2D eigenvalue weighted by atomic mass is 9.79. The number of hydrogen-bond acceptors (Lipinski definition) is 4. The second-order valence-corrected chi connectivity index (χ2v) is 6.25. The van der Waals surface area contributed by atoms with E-state index in [0.717, 1.165) is 36.9 Å². The molecule has 0 bridgehead atoms. The average Bonchev–Trinajstić information content (AvgIpc) is 2.41. The Balaban J connectivity index is 1.94. The second kappa shape index (κ2) is 5.88. The van der Waals surface area contributed by atoms with Gasteiger partial charge in [0.05, 0.1) is 0 Å². The van der Waals surface area contributed by atoms with Crippen LogP contribution in [0.1, 0.15) is 25.3 Å². The summed E-state index contributed by atoms with van der Waals surface area (Å²) in [5, 5.41) is 12.0. The normalized spacial score (nSPS) is 20.4. The summed E-state index contributed by atoms with van der Waals surface area (Å²) in [5.41, 5.74) is 6.78. The number of amidine groups is 1. The summed E-state index contributed by atoms with van der Waals surface area (Å²) in [4.78, 5) is 6.54. The van der Waals surface area contributed by atoms with Gasteiger partial charge in [-0.2, -0.15) is 0 Å². The predicted octanol–water partition coefficient (Wildman–Crippen LogP) is 2.19. The Hall–Kier alpha value is -1.14. The number of oxime groups is 1. The summed E-state index contributed by atoms with van der Waals surface area (Å²) >= 11 is 3.43. The molecule has 0 radical (unpaired) electrons. The zero-order valence-electron chi connectivity index (χ0n) is 11.0. The highest BCUT2D eigenvalue weighted by Gasteiger charge is 2.34. The van der Waals surface area contributed by atoms with Crippen molar-refractivity contribution in [2.45, 2.75) is 26.3 Å². The number of piperidine rings is 1. The van der Waals surface area contributed by atoms with E-state index >= 15 is 0 Å². The fourth-order valence-electron chi connectivity index (χ4n) is 2.38. The fraction of sp³-hybridized carbons (Fsp3) is 0.538. The lowest BCUT2D eigenvalue weighted by Gasteiger charge is -2.38. The number of nitrogens with two attached hydrogens (primary N) is 1. The number of hydrogen-bond donors (Lipinski definition) is 2. The van der Waals surface area contributed by atoms with Gasteiger partial charge in [0.2, 0.25) is 0 Å². The largest absolute Gasteiger partial charge is 0.409 e. The van der Waals surface area contributed by atoms with Gasteiger partial charge in [-0.25, -0.2) is 0 Å². The molecule has 1 aromatic heterocycles. The molecule has 0 unspecified atom stereocenters. The van der Waals surface area contributed by atoms with Gasteiger partial charge in [0.15, 0.2) is 0 Å². The Morgan fingerprint density at radius 1 is 1.53 bits per heavy atom. The van der Waals surface area contributed by atoms with Crippen molar-refractivity contribution in [1.82, 2.24) is 9.88 Å². The Kier molecular flexibility index (Phi) is 4.42. The van der Waals surface area contributed by atoms with E-state index in [1.54, 1.807) is 6.20 Å². The van der Waals surface area contributed by atoms with Crippen molar-refractivity contribution in [2.24, 2.45) is 16.3 Å². The monoisotopic (exact) mass is 326 g/mol. The van der Waals surface area contributed by atoms with Gasteiger partial charge in [0.25, 0.3) is 0 Å². The van der Waals surface area contributed by atoms with E-state index in [4.69, 9.17) is 10.9 Å². The number of pyridine rings is 1. The molecule has 19 heavy (non-hydrogen) atoms. The Morgan fingerprint density at radius 2 is 2.21 bits per heavy atom. The van der Waals surface area contributed by atoms with Gasteiger partial charge < -0.3 is 10.9 Å². The first-order valence-corrected chi connectivity index (χ1v) is 7.12. The Morgan fingerprint density at radius 3 is 2.79 bits per heavy atom. The maximum absolute atomic E-state index is 8.82. The van der Waals surface area contributed by atoms with Crippen LogP contribution in [0.4, 0.5) is 0 Å². The van der Waals surface area contributed by atoms with Crippen LogP contribution in [0.15, 0.2) is 28.1 Å². The van der Waals surface area contributed by atoms with Crippen molar-refractivity contribution in [1.29, 1.82) is 0 Å². The van der Waals surface area contributed by atoms with Gasteiger partial charge in [0, 0.05) is 28.8 Å². The van der Waals surface area contributed by atoms with E-state index in [-0.39, 0.29) is 5.41 Å². The highest BCUT2D eigenvalue weighted by atomic mass is 79.9. The van der Waals surface area contributed by atoms with Crippen LogP contribution in [0.25, 0.3) is 0 Å². The molecule has 1 aliphatic rings. The Bertz CT molecular complexity index is 469. The molecule has 0 aliphatic carbocycles. The first-order valence-electron chi connectivity index (χ1n) is 6.33. The average molecular weight is 327 g/mol. The maximum atomic E-state index is 8.82. The SMILES string of the molecule is CC1(/C(N)=N/O)CCN(Cc2cncc(Br)c2)CC1. The third-order valence-corrected chi connectivity index (χ3v) is 4.29. The van der Waals surface area contributed by atoms with Crippen LogP contribution in [0.2, 0.25) is 0 Å². The lowest BCUT2D eigenvalue weighted by Crippen LogP contribution is -2.45. The van der Waals surface area contributed by atoms with Crippen LogP contribution < -0.4 is 5.73 Å². The summed E-state index contributed by atoms with van der Waals surface area (Å²) in [6.07, 6.45) is 5.49. The molecule has 1 aromatic rings. The van der Waals surface area contributed by atoms with Gasteiger partial charge in [-0.05, 0) is 53.5 Å². The third kappa shape index (κ3) is 3.45. The molecule has 1 aliphatic heterocycles. The Labute approximate surface area is 121 Å². The molecule has 0 spiro atoms. The van der Waals surface area contributed by atoms with Crippen molar-refractivity contribution in [3.63, 3.8) is 0 Å². The number of halogens is 1. The van der Waals surface area contributed by atoms with Crippen molar-refractivity contribution in [3.8, 4) is 0 Å². The van der Waals surface area contributed by atoms with Crippen molar-refractivity contribution < 1.29 is 5.21 Å². The molecule has 1 saturated heterocycles. The minimum absolute atomic E-state index is 0.180. The van der Waals surface area contributed by atoms with Gasteiger partial charge >= 0.3 is 0 Å². The molecule has 5 nitrogen and oxygen atoms in total. The number of rotatable bonds is 3. The van der Waals surface area contributed by atoms with Crippen molar-refractivity contribution in [2.75, 3.05) is 13.1 Å². The molecule has 2 heterocycles. The zero-order valence-corrected chi connectivity index (χ0v) is 12.6. The van der Waals surface area contributed by atoms with Gasteiger partial charge in [-0.1, -0.05) is 12.1 Å². The molecule has 2 rings (SSSR count). The van der Waals surface area contributed by atoms with Gasteiger partial charge in [0.1, 0.15) is 5.84 Å². The minimum atomic E-state index is -0.180. The van der Waals surface area contributed by atoms with Gasteiger partial charge in [-0.3, -0.25) is 9.88 Å². The molecule has 0 atom stereocenters. The van der Waals surface area contributed by atoms with Crippen LogP contribution in [-0.2, 0) is 6.54 Å². The molecule has 0 saturated carbocycles. The molecule has 6 heteroatoms. The zero-order chi connectivity index (χ0) is 13.9. The summed E-state index contributed by atoms with van der Waals surface area (Å²) < 4.78 is 1.00. The smallest absolute Gasteiger partial charge is 0.145 e. The molecule has 1 fully saturated rings. The topological polar surface area (TPSA) is 74.7 Å². The molecular weight excluding hydrogens is 308 g/mol. The van der Waals surface area contributed by atoms with E-state index in [0.29, 0.717) is 5.84 Å². The highest BCUT2D eigenvalue weighted by Crippen LogP contribution is 2.31. The first-order chi connectivity index (χ1) is 9.03. The van der Waals surface area contributed by atoms with Crippen LogP contribution in [-0.4, -0.2) is 34.0 Å². The number of aromatic nitrogens is 1. The highest BCUT2D eigenvalue weighted by molar-refractivity contribution is 9.10. The van der Waals surface area contributed by atoms with Crippen LogP contribution >= 0.6 is 15.9 Å². The first kappa shape index (κ1) is 14.3. The maximum Gasteiger partial charge on any atom is 0.145 e. The van der Waals surface area contributed by atoms with E-state index in [2.05, 4.69) is 44.0 Å². The van der Waals surface area contributed by atoms with Crippen molar-refractivity contribution in [3.05, 3.63) is 28.5 Å². The van der Waals surface area contributed by atoms with Crippen molar-refractivity contribution >= 4 is 21.8 Å². The van der Waals surface area contributed by atoms with E-state index in [1.165, 1.54) is 5.56 Å². The van der Waals surface area contributed by atoms with E-state index < -0.39 is 0 Å². The van der Waals surface area contributed by atoms with Crippen LogP contribution in [0, 0.1) is 5.41 Å². The summed E-state index contributed by atoms with van der Waals surface area (Å²) in [5.74, 6) is 0.344. The molecule has 0 amide bonds. The summed E-state index contributed by atoms with van der Waals surface area (Å²) in [6, 6.07) is 2.09. The predicted molar refractivity (Wildman–Crippen MR) is 78.0 cm³/mol. The lowest BCUT2D eigenvalue weighted by molar-refractivity contribution is 0.153. The molecule has 3 N–H and O–H groups in total. The minimum Gasteiger partial charge on any atom is -0.409 e. The number of likely N-dealkylation sites (tertiary alicyclic amines) is 1. The third-order valence-electron chi connectivity index (χ3n) is 3.85. The quantitative estimate of drug-likeness (QED) is 0.386. The van der Waals surface area contributed by atoms with E-state index in [9.17, 15) is 0 Å². The standard InChI is InChI=1S/C13H19BrN4O/c1-13(12(15)17-19)2-4-18(5-3-13)9-10-6-11(14)8-16-7-10/h6-8,19H,2-5,9H2,1H3,(H2,15,17). The molecule has 0 aromatic carbocycles. The summed E-state index contributed by atoms with van der Waals surface area (Å²) in [6.45, 7) is 4.83. The second-order valence-electron chi connectivity index (χ2n) is 5.33. The summed E-state index contributed by atoms with van der Waals surface area (Å²) in [7, 11) is 0. The van der Waals surface area contributed by atoms with Crippen LogP contribution in [0.5, 0.6) is 0 Å². The van der Waals surface area contributed by atoms with Crippen LogP contribution in [0.3, 0.4) is 0 Å².